The Morgan fingerprint density at radius 3 is 2.82 bits per heavy atom. The van der Waals surface area contributed by atoms with E-state index in [1.54, 1.807) is 23.1 Å². The quantitative estimate of drug-likeness (QED) is 0.387. The normalized spacial score (nSPS) is 11.7. The summed E-state index contributed by atoms with van der Waals surface area (Å²) in [5.41, 5.74) is 7.34. The highest BCUT2D eigenvalue weighted by molar-refractivity contribution is 8.01. The van der Waals surface area contributed by atoms with E-state index in [1.807, 2.05) is 31.2 Å². The Balaban J connectivity index is 2.25. The molecule has 0 atom stereocenters. The number of aryl methyl sites for hydroxylation is 1. The van der Waals surface area contributed by atoms with E-state index >= 15 is 0 Å². The lowest BCUT2D eigenvalue weighted by molar-refractivity contribution is 0.318. The molecule has 2 rings (SSSR count). The number of nitrogens with zero attached hydrogens (tertiary/aromatic N) is 1. The van der Waals surface area contributed by atoms with E-state index in [2.05, 4.69) is 16.6 Å². The Hall–Kier alpha value is -1.46. The second kappa shape index (κ2) is 5.25. The summed E-state index contributed by atoms with van der Waals surface area (Å²) in [5.74, 6) is 0.148. The molecule has 3 nitrogen and oxygen atoms in total. The maximum atomic E-state index is 8.65. The Bertz CT molecular complexity index is 535. The Morgan fingerprint density at radius 2 is 2.24 bits per heavy atom. The van der Waals surface area contributed by atoms with Gasteiger partial charge in [0.05, 0.1) is 4.21 Å². The van der Waals surface area contributed by atoms with Gasteiger partial charge in [0.15, 0.2) is 5.84 Å². The van der Waals surface area contributed by atoms with Crippen molar-refractivity contribution in [2.45, 2.75) is 16.0 Å². The third kappa shape index (κ3) is 2.81. The molecular formula is C12H12N2OS2. The minimum atomic E-state index is 0.148. The van der Waals surface area contributed by atoms with Gasteiger partial charge in [0, 0.05) is 10.5 Å². The highest BCUT2D eigenvalue weighted by Gasteiger charge is 2.05. The molecule has 1 heterocycles. The average molecular weight is 264 g/mol. The zero-order chi connectivity index (χ0) is 12.3. The molecule has 0 fully saturated rings. The van der Waals surface area contributed by atoms with Crippen LogP contribution in [0.3, 0.4) is 0 Å². The van der Waals surface area contributed by atoms with Crippen LogP contribution in [0.2, 0.25) is 0 Å². The van der Waals surface area contributed by atoms with Crippen molar-refractivity contribution in [1.82, 2.24) is 0 Å². The predicted octanol–water partition coefficient (Wildman–Crippen LogP) is 3.30. The van der Waals surface area contributed by atoms with Gasteiger partial charge in [-0.1, -0.05) is 23.0 Å². The summed E-state index contributed by atoms with van der Waals surface area (Å²) in [6.07, 6.45) is 0. The van der Waals surface area contributed by atoms with Gasteiger partial charge in [0.1, 0.15) is 0 Å². The molecule has 0 aliphatic carbocycles. The van der Waals surface area contributed by atoms with E-state index in [0.717, 1.165) is 16.0 Å². The van der Waals surface area contributed by atoms with Crippen molar-refractivity contribution < 1.29 is 5.21 Å². The van der Waals surface area contributed by atoms with E-state index < -0.39 is 0 Å². The molecule has 0 radical (unpaired) electrons. The molecule has 17 heavy (non-hydrogen) atoms. The first-order valence-corrected chi connectivity index (χ1v) is 6.70. The van der Waals surface area contributed by atoms with Crippen LogP contribution in [0, 0.1) is 6.92 Å². The largest absolute Gasteiger partial charge is 0.409 e. The standard InChI is InChI=1S/C12H12N2OS2/c1-8-7-9(17-11-3-2-6-16-11)4-5-10(8)12(13)14-15/h2-7,15H,1H3,(H2,13,14). The van der Waals surface area contributed by atoms with Crippen LogP contribution in [-0.4, -0.2) is 11.0 Å². The number of nitrogens with two attached hydrogens (primary N) is 1. The van der Waals surface area contributed by atoms with Crippen molar-refractivity contribution in [2.24, 2.45) is 10.9 Å². The molecule has 5 heteroatoms. The fourth-order valence-corrected chi connectivity index (χ4v) is 3.33. The smallest absolute Gasteiger partial charge is 0.170 e. The minimum Gasteiger partial charge on any atom is -0.409 e. The molecule has 0 saturated carbocycles. The van der Waals surface area contributed by atoms with Crippen LogP contribution >= 0.6 is 23.1 Å². The lowest BCUT2D eigenvalue weighted by atomic mass is 10.1. The van der Waals surface area contributed by atoms with Crippen molar-refractivity contribution in [2.75, 3.05) is 0 Å². The van der Waals surface area contributed by atoms with Crippen LogP contribution in [0.1, 0.15) is 11.1 Å². The van der Waals surface area contributed by atoms with Gasteiger partial charge in [-0.2, -0.15) is 0 Å². The number of hydrogen-bond donors (Lipinski definition) is 2. The van der Waals surface area contributed by atoms with Crippen molar-refractivity contribution in [1.29, 1.82) is 0 Å². The SMILES string of the molecule is Cc1cc(Sc2cccs2)ccc1/C(N)=N/O. The van der Waals surface area contributed by atoms with Gasteiger partial charge >= 0.3 is 0 Å². The van der Waals surface area contributed by atoms with Crippen LogP contribution in [0.15, 0.2) is 50.0 Å². The molecule has 1 aromatic carbocycles. The van der Waals surface area contributed by atoms with Gasteiger partial charge in [0.2, 0.25) is 0 Å². The fraction of sp³-hybridized carbons (Fsp3) is 0.0833. The highest BCUT2D eigenvalue weighted by Crippen LogP contribution is 2.32. The monoisotopic (exact) mass is 264 g/mol. The Labute approximate surface area is 108 Å². The Kier molecular flexibility index (Phi) is 3.71. The highest BCUT2D eigenvalue weighted by atomic mass is 32.2. The van der Waals surface area contributed by atoms with E-state index in [0.29, 0.717) is 0 Å². The van der Waals surface area contributed by atoms with Gasteiger partial charge in [-0.3, -0.25) is 0 Å². The molecule has 0 bridgehead atoms. The topological polar surface area (TPSA) is 58.6 Å². The molecule has 0 aliphatic rings. The maximum absolute atomic E-state index is 8.65. The predicted molar refractivity (Wildman–Crippen MR) is 72.1 cm³/mol. The lowest BCUT2D eigenvalue weighted by Crippen LogP contribution is -2.14. The molecule has 0 unspecified atom stereocenters. The average Bonchev–Trinajstić information content (AvgIpc) is 2.81. The van der Waals surface area contributed by atoms with E-state index in [4.69, 9.17) is 10.9 Å². The van der Waals surface area contributed by atoms with E-state index in [9.17, 15) is 0 Å². The summed E-state index contributed by atoms with van der Waals surface area (Å²) in [6, 6.07) is 10.0. The molecule has 3 N–H and O–H groups in total. The summed E-state index contributed by atoms with van der Waals surface area (Å²) in [5, 5.41) is 13.7. The first-order valence-electron chi connectivity index (χ1n) is 5.00. The van der Waals surface area contributed by atoms with Crippen LogP contribution < -0.4 is 5.73 Å². The second-order valence-corrected chi connectivity index (χ2v) is 5.82. The Morgan fingerprint density at radius 1 is 1.41 bits per heavy atom. The molecule has 0 aliphatic heterocycles. The fourth-order valence-electron chi connectivity index (χ4n) is 1.48. The van der Waals surface area contributed by atoms with Crippen molar-refractivity contribution >= 4 is 28.9 Å². The third-order valence-corrected chi connectivity index (χ3v) is 4.32. The lowest BCUT2D eigenvalue weighted by Gasteiger charge is -2.06. The molecule has 0 spiro atoms. The molecule has 0 amide bonds. The number of benzene rings is 1. The first-order chi connectivity index (χ1) is 8.20. The van der Waals surface area contributed by atoms with Gasteiger partial charge in [-0.05, 0) is 42.1 Å². The number of rotatable bonds is 3. The van der Waals surface area contributed by atoms with Gasteiger partial charge in [0.25, 0.3) is 0 Å². The first kappa shape index (κ1) is 12.0. The molecule has 2 aromatic rings. The second-order valence-electron chi connectivity index (χ2n) is 3.50. The van der Waals surface area contributed by atoms with Gasteiger partial charge < -0.3 is 10.9 Å². The minimum absolute atomic E-state index is 0.148. The number of oxime groups is 1. The van der Waals surface area contributed by atoms with Crippen LogP contribution in [-0.2, 0) is 0 Å². The van der Waals surface area contributed by atoms with Crippen LogP contribution in [0.5, 0.6) is 0 Å². The number of hydrogen-bond acceptors (Lipinski definition) is 4. The summed E-state index contributed by atoms with van der Waals surface area (Å²) in [6.45, 7) is 1.95. The van der Waals surface area contributed by atoms with Crippen molar-refractivity contribution in [3.8, 4) is 0 Å². The van der Waals surface area contributed by atoms with Gasteiger partial charge in [-0.25, -0.2) is 0 Å². The summed E-state index contributed by atoms with van der Waals surface area (Å²) >= 11 is 3.42. The van der Waals surface area contributed by atoms with Crippen LogP contribution in [0.4, 0.5) is 0 Å². The summed E-state index contributed by atoms with van der Waals surface area (Å²) < 4.78 is 1.25. The molecule has 0 saturated heterocycles. The maximum Gasteiger partial charge on any atom is 0.170 e. The van der Waals surface area contributed by atoms with Crippen molar-refractivity contribution in [3.05, 3.63) is 46.8 Å². The number of amidine groups is 1. The zero-order valence-corrected chi connectivity index (χ0v) is 10.9. The molecule has 1 aromatic heterocycles. The zero-order valence-electron chi connectivity index (χ0n) is 9.25. The molecule has 88 valence electrons. The van der Waals surface area contributed by atoms with Gasteiger partial charge in [-0.15, -0.1) is 11.3 Å². The third-order valence-electron chi connectivity index (χ3n) is 2.30. The van der Waals surface area contributed by atoms with Crippen LogP contribution in [0.25, 0.3) is 0 Å². The summed E-state index contributed by atoms with van der Waals surface area (Å²) in [4.78, 5) is 1.15. The van der Waals surface area contributed by atoms with E-state index in [-0.39, 0.29) is 5.84 Å². The van der Waals surface area contributed by atoms with Crippen molar-refractivity contribution in [3.63, 3.8) is 0 Å². The van der Waals surface area contributed by atoms with E-state index in [1.165, 1.54) is 4.21 Å². The summed E-state index contributed by atoms with van der Waals surface area (Å²) in [7, 11) is 0. The number of thiophene rings is 1. The molecular weight excluding hydrogens is 252 g/mol.